The molecule has 0 atom stereocenters. The molecule has 2 amide bonds. The van der Waals surface area contributed by atoms with E-state index >= 15 is 0 Å². The van der Waals surface area contributed by atoms with Crippen LogP contribution in [0.25, 0.3) is 11.5 Å². The summed E-state index contributed by atoms with van der Waals surface area (Å²) in [6.07, 6.45) is 5.32. The fraction of sp³-hybridized carbons (Fsp3) is 0.350. The van der Waals surface area contributed by atoms with E-state index in [2.05, 4.69) is 25.3 Å². The number of pyridine rings is 1. The van der Waals surface area contributed by atoms with Crippen LogP contribution in [0.3, 0.4) is 0 Å². The van der Waals surface area contributed by atoms with Gasteiger partial charge in [-0.15, -0.1) is 0 Å². The lowest BCUT2D eigenvalue weighted by Crippen LogP contribution is -2.36. The summed E-state index contributed by atoms with van der Waals surface area (Å²) in [7, 11) is 0. The molecule has 1 saturated heterocycles. The number of amides is 2. The second-order valence-corrected chi connectivity index (χ2v) is 7.01. The summed E-state index contributed by atoms with van der Waals surface area (Å²) in [4.78, 5) is 35.1. The Morgan fingerprint density at radius 3 is 2.84 bits per heavy atom. The van der Waals surface area contributed by atoms with Crippen LogP contribution < -0.4 is 16.0 Å². The van der Waals surface area contributed by atoms with Gasteiger partial charge in [0.15, 0.2) is 11.4 Å². The van der Waals surface area contributed by atoms with Crippen LogP contribution >= 0.6 is 0 Å². The van der Waals surface area contributed by atoms with Gasteiger partial charge < -0.3 is 25.1 Å². The van der Waals surface area contributed by atoms with E-state index in [1.165, 1.54) is 6.26 Å². The minimum Gasteiger partial charge on any atom is -0.444 e. The number of aromatic nitrogens is 4. The molecule has 31 heavy (non-hydrogen) atoms. The monoisotopic (exact) mass is 425 g/mol. The quantitative estimate of drug-likeness (QED) is 0.580. The van der Waals surface area contributed by atoms with E-state index in [-0.39, 0.29) is 17.1 Å². The molecular weight excluding hydrogens is 402 g/mol. The third-order valence-electron chi connectivity index (χ3n) is 4.76. The van der Waals surface area contributed by atoms with Crippen molar-refractivity contribution < 1.29 is 18.7 Å². The van der Waals surface area contributed by atoms with Crippen molar-refractivity contribution in [2.75, 3.05) is 36.5 Å². The topological polar surface area (TPSA) is 141 Å². The van der Waals surface area contributed by atoms with Gasteiger partial charge in [-0.25, -0.2) is 9.97 Å². The molecule has 0 radical (unpaired) electrons. The summed E-state index contributed by atoms with van der Waals surface area (Å²) in [5, 5.41) is 6.75. The zero-order chi connectivity index (χ0) is 21.8. The number of ether oxygens (including phenoxy) is 1. The second kappa shape index (κ2) is 8.96. The number of rotatable bonds is 7. The van der Waals surface area contributed by atoms with Gasteiger partial charge in [-0.1, -0.05) is 6.92 Å². The number of primary amides is 1. The van der Waals surface area contributed by atoms with E-state index in [0.29, 0.717) is 31.2 Å². The number of morpholine rings is 1. The third-order valence-corrected chi connectivity index (χ3v) is 4.76. The van der Waals surface area contributed by atoms with Crippen molar-refractivity contribution in [3.8, 4) is 11.5 Å². The molecule has 1 aliphatic heterocycles. The normalized spacial score (nSPS) is 13.9. The Bertz CT molecular complexity index is 1080. The smallest absolute Gasteiger partial charge is 0.277 e. The predicted octanol–water partition coefficient (Wildman–Crippen LogP) is 1.53. The molecule has 162 valence electrons. The van der Waals surface area contributed by atoms with Crippen molar-refractivity contribution in [1.29, 1.82) is 0 Å². The number of carbonyl (C=O) groups is 2. The standard InChI is InChI=1S/C20H23N7O4/c1-2-5-27-11-14(17(25-27)18(21)28)23-19(29)15-12-31-20(24-15)13-3-4-22-16(10-13)26-6-8-30-9-7-26/h3-4,10-12H,2,5-9H2,1H3,(H2,21,28)(H,23,29). The maximum Gasteiger partial charge on any atom is 0.277 e. The second-order valence-electron chi connectivity index (χ2n) is 7.01. The van der Waals surface area contributed by atoms with Gasteiger partial charge in [0.1, 0.15) is 12.1 Å². The summed E-state index contributed by atoms with van der Waals surface area (Å²) in [5.41, 5.74) is 6.37. The van der Waals surface area contributed by atoms with Gasteiger partial charge in [0.05, 0.1) is 18.9 Å². The number of aryl methyl sites for hydroxylation is 1. The lowest BCUT2D eigenvalue weighted by molar-refractivity contribution is 0.0995. The van der Waals surface area contributed by atoms with Crippen LogP contribution in [0.4, 0.5) is 11.5 Å². The zero-order valence-corrected chi connectivity index (χ0v) is 17.1. The number of nitrogens with zero attached hydrogens (tertiary/aromatic N) is 5. The highest BCUT2D eigenvalue weighted by Gasteiger charge is 2.20. The first kappa shape index (κ1) is 20.5. The molecular formula is C20H23N7O4. The Balaban J connectivity index is 1.51. The molecule has 4 rings (SSSR count). The molecule has 0 spiro atoms. The number of anilines is 2. The minimum absolute atomic E-state index is 0.00481. The molecule has 4 heterocycles. The number of hydrogen-bond donors (Lipinski definition) is 2. The van der Waals surface area contributed by atoms with E-state index < -0.39 is 11.8 Å². The average Bonchev–Trinajstić information content (AvgIpc) is 3.42. The van der Waals surface area contributed by atoms with E-state index in [9.17, 15) is 9.59 Å². The Kier molecular flexibility index (Phi) is 5.94. The van der Waals surface area contributed by atoms with Crippen molar-refractivity contribution >= 4 is 23.3 Å². The largest absolute Gasteiger partial charge is 0.444 e. The first-order chi connectivity index (χ1) is 15.0. The molecule has 1 fully saturated rings. The molecule has 3 aromatic rings. The zero-order valence-electron chi connectivity index (χ0n) is 17.1. The Morgan fingerprint density at radius 1 is 1.29 bits per heavy atom. The van der Waals surface area contributed by atoms with Gasteiger partial charge in [0.25, 0.3) is 11.8 Å². The molecule has 0 aromatic carbocycles. The van der Waals surface area contributed by atoms with Gasteiger partial charge in [0.2, 0.25) is 5.89 Å². The van der Waals surface area contributed by atoms with Crippen LogP contribution in [0.15, 0.2) is 35.2 Å². The Morgan fingerprint density at radius 2 is 2.10 bits per heavy atom. The SMILES string of the molecule is CCCn1cc(NC(=O)c2coc(-c3ccnc(N4CCOCC4)c3)n2)c(C(N)=O)n1. The molecule has 0 saturated carbocycles. The maximum absolute atomic E-state index is 12.7. The van der Waals surface area contributed by atoms with E-state index in [4.69, 9.17) is 14.9 Å². The molecule has 3 aromatic heterocycles. The maximum atomic E-state index is 12.7. The average molecular weight is 425 g/mol. The van der Waals surface area contributed by atoms with E-state index in [1.807, 2.05) is 13.0 Å². The summed E-state index contributed by atoms with van der Waals surface area (Å²) < 4.78 is 12.5. The molecule has 0 unspecified atom stereocenters. The van der Waals surface area contributed by atoms with Crippen molar-refractivity contribution in [2.45, 2.75) is 19.9 Å². The van der Waals surface area contributed by atoms with Gasteiger partial charge in [-0.05, 0) is 18.6 Å². The fourth-order valence-corrected chi connectivity index (χ4v) is 3.25. The van der Waals surface area contributed by atoms with Gasteiger partial charge >= 0.3 is 0 Å². The van der Waals surface area contributed by atoms with Crippen molar-refractivity contribution in [3.63, 3.8) is 0 Å². The fourth-order valence-electron chi connectivity index (χ4n) is 3.25. The predicted molar refractivity (Wildman–Crippen MR) is 112 cm³/mol. The summed E-state index contributed by atoms with van der Waals surface area (Å²) in [6, 6.07) is 3.62. The number of oxazole rings is 1. The number of hydrogen-bond acceptors (Lipinski definition) is 8. The molecule has 0 aliphatic carbocycles. The van der Waals surface area contributed by atoms with Crippen LogP contribution in [0.2, 0.25) is 0 Å². The molecule has 11 nitrogen and oxygen atoms in total. The first-order valence-electron chi connectivity index (χ1n) is 9.98. The Hall–Kier alpha value is -3.73. The van der Waals surface area contributed by atoms with Gasteiger partial charge in [-0.3, -0.25) is 14.3 Å². The highest BCUT2D eigenvalue weighted by Crippen LogP contribution is 2.24. The number of nitrogens with one attached hydrogen (secondary N) is 1. The van der Waals surface area contributed by atoms with Crippen LogP contribution in [0.1, 0.15) is 34.3 Å². The number of carbonyl (C=O) groups excluding carboxylic acids is 2. The molecule has 0 bridgehead atoms. The van der Waals surface area contributed by atoms with E-state index in [0.717, 1.165) is 25.3 Å². The van der Waals surface area contributed by atoms with Crippen LogP contribution in [0, 0.1) is 0 Å². The lowest BCUT2D eigenvalue weighted by atomic mass is 10.2. The highest BCUT2D eigenvalue weighted by atomic mass is 16.5. The lowest BCUT2D eigenvalue weighted by Gasteiger charge is -2.27. The first-order valence-corrected chi connectivity index (χ1v) is 9.98. The van der Waals surface area contributed by atoms with Crippen molar-refractivity contribution in [2.24, 2.45) is 5.73 Å². The van der Waals surface area contributed by atoms with Crippen LogP contribution in [-0.4, -0.2) is 57.9 Å². The van der Waals surface area contributed by atoms with Crippen LogP contribution in [0.5, 0.6) is 0 Å². The Labute approximate surface area is 178 Å². The summed E-state index contributed by atoms with van der Waals surface area (Å²) >= 11 is 0. The van der Waals surface area contributed by atoms with Crippen molar-refractivity contribution in [1.82, 2.24) is 19.7 Å². The molecule has 3 N–H and O–H groups in total. The van der Waals surface area contributed by atoms with Gasteiger partial charge in [0, 0.05) is 37.6 Å². The molecule has 1 aliphatic rings. The highest BCUT2D eigenvalue weighted by molar-refractivity contribution is 6.07. The van der Waals surface area contributed by atoms with Crippen molar-refractivity contribution in [3.05, 3.63) is 42.2 Å². The van der Waals surface area contributed by atoms with E-state index in [1.54, 1.807) is 23.1 Å². The number of nitrogens with two attached hydrogens (primary N) is 1. The summed E-state index contributed by atoms with van der Waals surface area (Å²) in [5.74, 6) is -0.173. The molecule has 11 heteroatoms. The minimum atomic E-state index is -0.724. The van der Waals surface area contributed by atoms with Gasteiger partial charge in [-0.2, -0.15) is 5.10 Å². The summed E-state index contributed by atoms with van der Waals surface area (Å²) in [6.45, 7) is 5.38. The third kappa shape index (κ3) is 4.56. The van der Waals surface area contributed by atoms with Crippen LogP contribution in [-0.2, 0) is 11.3 Å².